The van der Waals surface area contributed by atoms with E-state index < -0.39 is 0 Å². The molecule has 1 aliphatic heterocycles. The minimum atomic E-state index is -0.112. The third kappa shape index (κ3) is 4.84. The van der Waals surface area contributed by atoms with Gasteiger partial charge in [0.05, 0.1) is 25.2 Å². The zero-order chi connectivity index (χ0) is 16.2. The maximum atomic E-state index is 9.54. The molecule has 0 spiro atoms. The molecule has 1 fully saturated rings. The summed E-state index contributed by atoms with van der Waals surface area (Å²) in [5, 5.41) is 14.5. The van der Waals surface area contributed by atoms with Gasteiger partial charge in [0.25, 0.3) is 0 Å². The molecule has 0 aromatic heterocycles. The summed E-state index contributed by atoms with van der Waals surface area (Å²) in [7, 11) is 0. The average molecular weight is 346 g/mol. The lowest BCUT2D eigenvalue weighted by Crippen LogP contribution is -2.54. The van der Waals surface area contributed by atoms with Crippen molar-refractivity contribution >= 4 is 23.2 Å². The van der Waals surface area contributed by atoms with Crippen molar-refractivity contribution in [2.24, 2.45) is 11.3 Å². The monoisotopic (exact) mass is 345 g/mol. The molecule has 1 aliphatic rings. The Balaban J connectivity index is 1.99. The van der Waals surface area contributed by atoms with Crippen molar-refractivity contribution in [3.05, 3.63) is 33.8 Å². The summed E-state index contributed by atoms with van der Waals surface area (Å²) in [5.74, 6) is 0.589. The number of nitrogens with one attached hydrogen (secondary N) is 1. The molecule has 2 rings (SSSR count). The molecule has 1 unspecified atom stereocenters. The molecule has 0 amide bonds. The van der Waals surface area contributed by atoms with E-state index in [9.17, 15) is 5.11 Å². The SMILES string of the molecule is CC(C)CC(Cc1ccc(Cl)cc1Cl)NCC1(CO)COC1. The standard InChI is InChI=1S/C17H25Cl2NO2/c1-12(2)5-15(20-8-17(9-21)10-22-11-17)6-13-3-4-14(18)7-16(13)19/h3-4,7,12,15,20-21H,5-6,8-11H2,1-2H3. The van der Waals surface area contributed by atoms with Crippen LogP contribution in [0.2, 0.25) is 10.0 Å². The fourth-order valence-corrected chi connectivity index (χ4v) is 3.25. The highest BCUT2D eigenvalue weighted by molar-refractivity contribution is 6.35. The average Bonchev–Trinajstić information content (AvgIpc) is 2.40. The van der Waals surface area contributed by atoms with Crippen LogP contribution in [0.4, 0.5) is 0 Å². The lowest BCUT2D eigenvalue weighted by Gasteiger charge is -2.41. The lowest BCUT2D eigenvalue weighted by atomic mass is 9.86. The molecule has 1 aromatic carbocycles. The molecule has 0 saturated carbocycles. The number of halogens is 2. The van der Waals surface area contributed by atoms with E-state index in [2.05, 4.69) is 19.2 Å². The molecule has 22 heavy (non-hydrogen) atoms. The second-order valence-electron chi connectivity index (χ2n) is 6.80. The van der Waals surface area contributed by atoms with Gasteiger partial charge >= 0.3 is 0 Å². The molecule has 1 saturated heterocycles. The van der Waals surface area contributed by atoms with E-state index in [0.29, 0.717) is 35.2 Å². The fraction of sp³-hybridized carbons (Fsp3) is 0.647. The minimum absolute atomic E-state index is 0.112. The van der Waals surface area contributed by atoms with Crippen LogP contribution >= 0.6 is 23.2 Å². The second-order valence-corrected chi connectivity index (χ2v) is 7.64. The van der Waals surface area contributed by atoms with Crippen LogP contribution in [-0.2, 0) is 11.2 Å². The van der Waals surface area contributed by atoms with Crippen molar-refractivity contribution in [3.8, 4) is 0 Å². The number of aliphatic hydroxyl groups excluding tert-OH is 1. The van der Waals surface area contributed by atoms with Gasteiger partial charge in [0.1, 0.15) is 0 Å². The number of benzene rings is 1. The van der Waals surface area contributed by atoms with E-state index in [1.54, 1.807) is 6.07 Å². The first-order valence-corrected chi connectivity index (χ1v) is 8.55. The smallest absolute Gasteiger partial charge is 0.0579 e. The second kappa shape index (κ2) is 7.98. The van der Waals surface area contributed by atoms with Crippen molar-refractivity contribution in [1.82, 2.24) is 5.32 Å². The van der Waals surface area contributed by atoms with Crippen molar-refractivity contribution in [3.63, 3.8) is 0 Å². The van der Waals surface area contributed by atoms with E-state index >= 15 is 0 Å². The Morgan fingerprint density at radius 1 is 1.32 bits per heavy atom. The summed E-state index contributed by atoms with van der Waals surface area (Å²) in [5.41, 5.74) is 0.992. The topological polar surface area (TPSA) is 41.5 Å². The van der Waals surface area contributed by atoms with Gasteiger partial charge in [-0.25, -0.2) is 0 Å². The van der Waals surface area contributed by atoms with Crippen LogP contribution in [0.1, 0.15) is 25.8 Å². The van der Waals surface area contributed by atoms with Crippen molar-refractivity contribution in [2.75, 3.05) is 26.4 Å². The highest BCUT2D eigenvalue weighted by atomic mass is 35.5. The van der Waals surface area contributed by atoms with E-state index in [1.165, 1.54) is 0 Å². The number of hydrogen-bond donors (Lipinski definition) is 2. The molecule has 1 atom stereocenters. The summed E-state index contributed by atoms with van der Waals surface area (Å²) in [6.07, 6.45) is 1.91. The predicted molar refractivity (Wildman–Crippen MR) is 91.7 cm³/mol. The zero-order valence-corrected chi connectivity index (χ0v) is 14.8. The van der Waals surface area contributed by atoms with Crippen molar-refractivity contribution in [2.45, 2.75) is 32.7 Å². The molecule has 1 aromatic rings. The van der Waals surface area contributed by atoms with Gasteiger partial charge in [-0.1, -0.05) is 43.1 Å². The molecule has 2 N–H and O–H groups in total. The first-order chi connectivity index (χ1) is 10.4. The van der Waals surface area contributed by atoms with E-state index in [-0.39, 0.29) is 12.0 Å². The molecule has 3 nitrogen and oxygen atoms in total. The number of rotatable bonds is 8. The maximum Gasteiger partial charge on any atom is 0.0579 e. The van der Waals surface area contributed by atoms with Gasteiger partial charge < -0.3 is 15.2 Å². The Kier molecular flexibility index (Phi) is 6.54. The van der Waals surface area contributed by atoms with E-state index in [0.717, 1.165) is 24.9 Å². The molecule has 0 radical (unpaired) electrons. The largest absolute Gasteiger partial charge is 0.396 e. The van der Waals surface area contributed by atoms with Crippen LogP contribution < -0.4 is 5.32 Å². The van der Waals surface area contributed by atoms with Crippen LogP contribution in [0, 0.1) is 11.3 Å². The molecule has 5 heteroatoms. The summed E-state index contributed by atoms with van der Waals surface area (Å²) in [6.45, 7) is 6.63. The summed E-state index contributed by atoms with van der Waals surface area (Å²) in [4.78, 5) is 0. The maximum absolute atomic E-state index is 9.54. The van der Waals surface area contributed by atoms with Crippen molar-refractivity contribution < 1.29 is 9.84 Å². The number of ether oxygens (including phenoxy) is 1. The van der Waals surface area contributed by atoms with Gasteiger partial charge in [-0.2, -0.15) is 0 Å². The van der Waals surface area contributed by atoms with Crippen LogP contribution in [0.5, 0.6) is 0 Å². The van der Waals surface area contributed by atoms with Gasteiger partial charge in [-0.15, -0.1) is 0 Å². The quantitative estimate of drug-likeness (QED) is 0.756. The summed E-state index contributed by atoms with van der Waals surface area (Å²) < 4.78 is 5.26. The predicted octanol–water partition coefficient (Wildman–Crippen LogP) is 3.55. The van der Waals surface area contributed by atoms with Gasteiger partial charge in [0.2, 0.25) is 0 Å². The minimum Gasteiger partial charge on any atom is -0.396 e. The van der Waals surface area contributed by atoms with Crippen LogP contribution in [0.25, 0.3) is 0 Å². The third-order valence-electron chi connectivity index (χ3n) is 4.15. The zero-order valence-electron chi connectivity index (χ0n) is 13.2. The molecule has 0 bridgehead atoms. The Morgan fingerprint density at radius 2 is 2.05 bits per heavy atom. The highest BCUT2D eigenvalue weighted by Gasteiger charge is 2.38. The Hall–Kier alpha value is -0.320. The molecule has 1 heterocycles. The fourth-order valence-electron chi connectivity index (χ4n) is 2.76. The number of aliphatic hydroxyl groups is 1. The van der Waals surface area contributed by atoms with E-state index in [1.807, 2.05) is 12.1 Å². The Bertz CT molecular complexity index is 484. The van der Waals surface area contributed by atoms with Crippen LogP contribution in [0.3, 0.4) is 0 Å². The molecule has 0 aliphatic carbocycles. The van der Waals surface area contributed by atoms with Gasteiger partial charge in [0.15, 0.2) is 0 Å². The summed E-state index contributed by atoms with van der Waals surface area (Å²) in [6, 6.07) is 5.99. The van der Waals surface area contributed by atoms with Crippen LogP contribution in [0.15, 0.2) is 18.2 Å². The van der Waals surface area contributed by atoms with Gasteiger partial charge in [-0.3, -0.25) is 0 Å². The van der Waals surface area contributed by atoms with Crippen LogP contribution in [-0.4, -0.2) is 37.5 Å². The number of hydrogen-bond acceptors (Lipinski definition) is 3. The van der Waals surface area contributed by atoms with Gasteiger partial charge in [0, 0.05) is 22.6 Å². The lowest BCUT2D eigenvalue weighted by molar-refractivity contribution is -0.135. The summed E-state index contributed by atoms with van der Waals surface area (Å²) >= 11 is 12.3. The van der Waals surface area contributed by atoms with Gasteiger partial charge in [-0.05, 0) is 36.5 Å². The highest BCUT2D eigenvalue weighted by Crippen LogP contribution is 2.27. The molecule has 124 valence electrons. The Labute approximate surface area is 143 Å². The molecular formula is C17H25Cl2NO2. The first-order valence-electron chi connectivity index (χ1n) is 7.80. The molecular weight excluding hydrogens is 321 g/mol. The third-order valence-corrected chi connectivity index (χ3v) is 4.74. The normalized spacial score (nSPS) is 18.3. The Morgan fingerprint density at radius 3 is 2.55 bits per heavy atom. The van der Waals surface area contributed by atoms with Crippen molar-refractivity contribution in [1.29, 1.82) is 0 Å². The van der Waals surface area contributed by atoms with E-state index in [4.69, 9.17) is 27.9 Å². The first kappa shape index (κ1) is 18.0.